The molecule has 0 spiro atoms. The number of nitrogens with zero attached hydrogens (tertiary/aromatic N) is 2. The number of pyridine rings is 1. The number of anilines is 1. The van der Waals surface area contributed by atoms with Crippen molar-refractivity contribution in [2.75, 3.05) is 18.0 Å². The second-order valence-electron chi connectivity index (χ2n) is 9.33. The molecule has 0 amide bonds. The maximum atomic E-state index is 5.81. The van der Waals surface area contributed by atoms with E-state index in [0.29, 0.717) is 0 Å². The van der Waals surface area contributed by atoms with E-state index in [1.54, 1.807) is 6.26 Å². The van der Waals surface area contributed by atoms with Crippen LogP contribution in [0.1, 0.15) is 74.2 Å². The highest BCUT2D eigenvalue weighted by molar-refractivity contribution is 5.69. The Morgan fingerprint density at radius 3 is 2.58 bits per heavy atom. The van der Waals surface area contributed by atoms with Crippen LogP contribution in [-0.2, 0) is 4.74 Å². The van der Waals surface area contributed by atoms with E-state index in [1.807, 2.05) is 46.0 Å². The van der Waals surface area contributed by atoms with Gasteiger partial charge in [-0.2, -0.15) is 0 Å². The van der Waals surface area contributed by atoms with Crippen molar-refractivity contribution in [3.05, 3.63) is 101 Å². The molecule has 36 heavy (non-hydrogen) atoms. The second kappa shape index (κ2) is 13.2. The van der Waals surface area contributed by atoms with E-state index >= 15 is 0 Å². The molecule has 1 fully saturated rings. The quantitative estimate of drug-likeness (QED) is 0.391. The normalized spacial score (nSPS) is 22.2. The predicted octanol–water partition coefficient (Wildman–Crippen LogP) is 8.47. The largest absolute Gasteiger partial charge is 0.465 e. The van der Waals surface area contributed by atoms with Gasteiger partial charge in [-0.3, -0.25) is 0 Å². The molecule has 3 aliphatic rings. The molecule has 4 nitrogen and oxygen atoms in total. The van der Waals surface area contributed by atoms with Crippen LogP contribution >= 0.6 is 0 Å². The summed E-state index contributed by atoms with van der Waals surface area (Å²) in [5, 5.41) is 3.67. The molecule has 0 aromatic carbocycles. The van der Waals surface area contributed by atoms with Crippen molar-refractivity contribution in [2.45, 2.75) is 67.2 Å². The lowest BCUT2D eigenvalue weighted by Crippen LogP contribution is -2.30. The highest BCUT2D eigenvalue weighted by Crippen LogP contribution is 2.42. The van der Waals surface area contributed by atoms with Crippen molar-refractivity contribution in [2.24, 2.45) is 5.41 Å². The second-order valence-corrected chi connectivity index (χ2v) is 9.33. The van der Waals surface area contributed by atoms with E-state index < -0.39 is 0 Å². The summed E-state index contributed by atoms with van der Waals surface area (Å²) in [4.78, 5) is 7.05. The minimum atomic E-state index is 0. The topological polar surface area (TPSA) is 37.4 Å². The summed E-state index contributed by atoms with van der Waals surface area (Å²) >= 11 is 0. The lowest BCUT2D eigenvalue weighted by atomic mass is 9.72. The van der Waals surface area contributed by atoms with E-state index in [1.165, 1.54) is 24.8 Å². The Morgan fingerprint density at radius 1 is 1.11 bits per heavy atom. The average molecular weight is 488 g/mol. The average Bonchev–Trinajstić information content (AvgIpc) is 2.94. The van der Waals surface area contributed by atoms with Crippen molar-refractivity contribution < 1.29 is 6.16 Å². The minimum Gasteiger partial charge on any atom is -0.465 e. The van der Waals surface area contributed by atoms with Gasteiger partial charge in [-0.05, 0) is 88.5 Å². The molecule has 2 aliphatic carbocycles. The Balaban J connectivity index is 0.00000157. The number of hydrogen-bond acceptors (Lipinski definition) is 4. The summed E-state index contributed by atoms with van der Waals surface area (Å²) in [7, 11) is 0. The summed E-state index contributed by atoms with van der Waals surface area (Å²) in [5.74, 6) is 1.96. The van der Waals surface area contributed by atoms with E-state index in [4.69, 9.17) is 4.74 Å². The highest BCUT2D eigenvalue weighted by atomic mass is 16.5. The van der Waals surface area contributed by atoms with Gasteiger partial charge in [-0.15, -0.1) is 0 Å². The van der Waals surface area contributed by atoms with E-state index in [0.717, 1.165) is 53.6 Å². The molecular formula is C32H45N3O. The van der Waals surface area contributed by atoms with E-state index in [9.17, 15) is 0 Å². The number of aromatic nitrogens is 1. The van der Waals surface area contributed by atoms with Gasteiger partial charge in [0.1, 0.15) is 11.6 Å². The standard InChI is InChI=1S/C30H37N3O.C2H6.H2/c1-5-19-34-28(7-3)24-11-14-30(4)15-12-26(22-25(30)20-24)32-27(6-2)23-13-16-31-29(21-23)33-17-9-8-10-18-33;1-2;/h5-7,11-13,15-16,19-22,32H,8-10,14,17-18H2,1-4H3;1-2H3;1H/b19-5?,27-6+,28-7-;;. The molecule has 194 valence electrons. The third kappa shape index (κ3) is 6.48. The molecule has 2 heterocycles. The first kappa shape index (κ1) is 27.3. The lowest BCUT2D eigenvalue weighted by molar-refractivity contribution is 0.359. The molecule has 1 atom stereocenters. The van der Waals surface area contributed by atoms with Crippen LogP contribution in [0.4, 0.5) is 5.82 Å². The SMILES string of the molecule is CC.CC=CO/C(=C\C)C1=CCC2(C)C=CC(N/C(=C/C)c3ccnc(N4CCCCC4)c3)=CC2=C1.[HH]. The van der Waals surface area contributed by atoms with Gasteiger partial charge < -0.3 is 15.0 Å². The smallest absolute Gasteiger partial charge is 0.129 e. The first-order chi connectivity index (χ1) is 17.6. The number of allylic oxidation sites excluding steroid dienone is 9. The van der Waals surface area contributed by atoms with Crippen LogP contribution in [0.15, 0.2) is 95.8 Å². The van der Waals surface area contributed by atoms with Crippen LogP contribution in [0.5, 0.6) is 0 Å². The lowest BCUT2D eigenvalue weighted by Gasteiger charge is -2.34. The predicted molar refractivity (Wildman–Crippen MR) is 156 cm³/mol. The first-order valence-electron chi connectivity index (χ1n) is 13.5. The molecular weight excluding hydrogens is 442 g/mol. The zero-order valence-electron chi connectivity index (χ0n) is 23.0. The van der Waals surface area contributed by atoms with Crippen molar-refractivity contribution in [1.82, 2.24) is 10.3 Å². The zero-order chi connectivity index (χ0) is 26.0. The van der Waals surface area contributed by atoms with E-state index in [-0.39, 0.29) is 6.84 Å². The van der Waals surface area contributed by atoms with Crippen molar-refractivity contribution in [1.29, 1.82) is 0 Å². The van der Waals surface area contributed by atoms with Crippen LogP contribution in [0, 0.1) is 5.41 Å². The molecule has 1 N–H and O–H groups in total. The van der Waals surface area contributed by atoms with Gasteiger partial charge in [0.2, 0.25) is 0 Å². The Hall–Kier alpha value is -3.27. The molecule has 1 unspecified atom stereocenters. The molecule has 0 bridgehead atoms. The van der Waals surface area contributed by atoms with Gasteiger partial charge in [0.25, 0.3) is 0 Å². The third-order valence-corrected chi connectivity index (χ3v) is 6.84. The zero-order valence-corrected chi connectivity index (χ0v) is 23.0. The number of ether oxygens (including phenoxy) is 1. The Morgan fingerprint density at radius 2 is 1.89 bits per heavy atom. The summed E-state index contributed by atoms with van der Waals surface area (Å²) in [5.41, 5.74) is 5.77. The molecule has 1 aliphatic heterocycles. The van der Waals surface area contributed by atoms with Crippen molar-refractivity contribution >= 4 is 11.5 Å². The minimum absolute atomic E-state index is 0. The molecule has 1 aromatic rings. The fraction of sp³-hybridized carbons (Fsp3) is 0.406. The van der Waals surface area contributed by atoms with Crippen LogP contribution < -0.4 is 10.2 Å². The number of fused-ring (bicyclic) bond motifs is 1. The number of nitrogens with one attached hydrogen (secondary N) is 1. The summed E-state index contributed by atoms with van der Waals surface area (Å²) < 4.78 is 5.81. The van der Waals surface area contributed by atoms with Crippen LogP contribution in [0.25, 0.3) is 5.70 Å². The van der Waals surface area contributed by atoms with Gasteiger partial charge in [-0.1, -0.05) is 45.1 Å². The van der Waals surface area contributed by atoms with Gasteiger partial charge in [0.15, 0.2) is 0 Å². The van der Waals surface area contributed by atoms with Gasteiger partial charge in [0.05, 0.1) is 6.26 Å². The molecule has 4 heteroatoms. The molecule has 0 saturated carbocycles. The highest BCUT2D eigenvalue weighted by Gasteiger charge is 2.30. The Bertz CT molecular complexity index is 1120. The monoisotopic (exact) mass is 487 g/mol. The van der Waals surface area contributed by atoms with E-state index in [2.05, 4.69) is 77.6 Å². The van der Waals surface area contributed by atoms with Crippen LogP contribution in [-0.4, -0.2) is 18.1 Å². The van der Waals surface area contributed by atoms with Crippen LogP contribution in [0.2, 0.25) is 0 Å². The van der Waals surface area contributed by atoms with Crippen LogP contribution in [0.3, 0.4) is 0 Å². The van der Waals surface area contributed by atoms with Gasteiger partial charge >= 0.3 is 0 Å². The molecule has 1 saturated heterocycles. The fourth-order valence-corrected chi connectivity index (χ4v) is 4.73. The maximum Gasteiger partial charge on any atom is 0.129 e. The summed E-state index contributed by atoms with van der Waals surface area (Å²) in [6.45, 7) is 14.5. The maximum absolute atomic E-state index is 5.81. The third-order valence-electron chi connectivity index (χ3n) is 6.84. The Kier molecular flexibility index (Phi) is 9.98. The van der Waals surface area contributed by atoms with Gasteiger partial charge in [0, 0.05) is 48.7 Å². The molecule has 0 radical (unpaired) electrons. The summed E-state index contributed by atoms with van der Waals surface area (Å²) in [6.07, 6.45) is 25.8. The fourth-order valence-electron chi connectivity index (χ4n) is 4.73. The molecule has 4 rings (SSSR count). The Labute approximate surface area is 220 Å². The number of piperidine rings is 1. The molecule has 1 aromatic heterocycles. The van der Waals surface area contributed by atoms with Crippen molar-refractivity contribution in [3.63, 3.8) is 0 Å². The summed E-state index contributed by atoms with van der Waals surface area (Å²) in [6, 6.07) is 4.30. The number of hydrogen-bond donors (Lipinski definition) is 1. The van der Waals surface area contributed by atoms with Crippen molar-refractivity contribution in [3.8, 4) is 0 Å². The first-order valence-corrected chi connectivity index (χ1v) is 13.5. The number of rotatable bonds is 7. The van der Waals surface area contributed by atoms with Gasteiger partial charge in [-0.25, -0.2) is 4.98 Å².